The number of hydrogen-bond donors (Lipinski definition) is 2. The molecule has 0 aliphatic rings. The molecule has 0 aliphatic carbocycles. The van der Waals surface area contributed by atoms with Crippen molar-refractivity contribution in [3.63, 3.8) is 0 Å². The van der Waals surface area contributed by atoms with Crippen LogP contribution in [0.1, 0.15) is 24.2 Å². The van der Waals surface area contributed by atoms with E-state index in [9.17, 15) is 18.0 Å². The largest absolute Gasteiger partial charge is 0.493 e. The number of carbonyl (C=O) groups excluding carboxylic acids is 2. The molecule has 2 aromatic carbocycles. The number of methoxy groups -OCH3 is 3. The summed E-state index contributed by atoms with van der Waals surface area (Å²) in [6.45, 7) is 3.79. The molecule has 0 bridgehead atoms. The number of nitrogens with one attached hydrogen (secondary N) is 2. The second-order valence-electron chi connectivity index (χ2n) is 6.29. The summed E-state index contributed by atoms with van der Waals surface area (Å²) in [4.78, 5) is 23.9. The van der Waals surface area contributed by atoms with Crippen molar-refractivity contribution in [3.05, 3.63) is 35.9 Å². The fraction of sp³-hybridized carbons (Fsp3) is 0.333. The van der Waals surface area contributed by atoms with E-state index in [2.05, 4.69) is 10.0 Å². The fourth-order valence-corrected chi connectivity index (χ4v) is 3.87. The van der Waals surface area contributed by atoms with Crippen LogP contribution in [-0.2, 0) is 19.5 Å². The molecule has 0 aromatic heterocycles. The molecule has 33 heavy (non-hydrogen) atoms. The normalized spacial score (nSPS) is 10.7. The van der Waals surface area contributed by atoms with Crippen LogP contribution >= 0.6 is 0 Å². The molecule has 2 rings (SSSR count). The number of carbonyl (C=O) groups is 2. The summed E-state index contributed by atoms with van der Waals surface area (Å²) < 4.78 is 54.0. The van der Waals surface area contributed by atoms with Gasteiger partial charge in [0.25, 0.3) is 10.0 Å². The molecule has 2 aromatic rings. The third-order valence-corrected chi connectivity index (χ3v) is 5.61. The minimum atomic E-state index is -4.23. The Labute approximate surface area is 192 Å². The van der Waals surface area contributed by atoms with Crippen LogP contribution in [0.5, 0.6) is 17.2 Å². The van der Waals surface area contributed by atoms with Crippen LogP contribution in [0.25, 0.3) is 0 Å². The van der Waals surface area contributed by atoms with Crippen LogP contribution in [0.3, 0.4) is 0 Å². The van der Waals surface area contributed by atoms with E-state index in [1.807, 2.05) is 0 Å². The van der Waals surface area contributed by atoms with Gasteiger partial charge in [-0.05, 0) is 32.0 Å². The topological polar surface area (TPSA) is 138 Å². The summed E-state index contributed by atoms with van der Waals surface area (Å²) in [6.07, 6.45) is -0.770. The van der Waals surface area contributed by atoms with Gasteiger partial charge in [0.15, 0.2) is 11.5 Å². The number of anilines is 2. The van der Waals surface area contributed by atoms with Crippen molar-refractivity contribution >= 4 is 33.5 Å². The molecule has 0 atom stereocenters. The monoisotopic (exact) mass is 482 g/mol. The van der Waals surface area contributed by atoms with Gasteiger partial charge < -0.3 is 23.7 Å². The lowest BCUT2D eigenvalue weighted by atomic mass is 10.1. The number of benzene rings is 2. The molecule has 0 spiro atoms. The third kappa shape index (κ3) is 6.19. The van der Waals surface area contributed by atoms with Gasteiger partial charge in [-0.2, -0.15) is 0 Å². The van der Waals surface area contributed by atoms with E-state index in [1.54, 1.807) is 13.8 Å². The Morgan fingerprint density at radius 1 is 0.879 bits per heavy atom. The molecule has 1 amide bonds. The smallest absolute Gasteiger partial charge is 0.411 e. The average Bonchev–Trinajstić information content (AvgIpc) is 2.79. The van der Waals surface area contributed by atoms with Gasteiger partial charge in [-0.3, -0.25) is 10.0 Å². The van der Waals surface area contributed by atoms with Gasteiger partial charge in [-0.25, -0.2) is 18.0 Å². The summed E-state index contributed by atoms with van der Waals surface area (Å²) >= 11 is 0. The van der Waals surface area contributed by atoms with E-state index in [1.165, 1.54) is 44.6 Å². The molecule has 0 saturated heterocycles. The summed E-state index contributed by atoms with van der Waals surface area (Å²) in [6, 6.07) is 6.50. The number of hydrogen-bond acceptors (Lipinski definition) is 9. The van der Waals surface area contributed by atoms with Gasteiger partial charge in [0, 0.05) is 12.1 Å². The Hall–Kier alpha value is -3.67. The highest BCUT2D eigenvalue weighted by Gasteiger charge is 2.24. The molecule has 11 nitrogen and oxygen atoms in total. The van der Waals surface area contributed by atoms with E-state index >= 15 is 0 Å². The quantitative estimate of drug-likeness (QED) is 0.489. The highest BCUT2D eigenvalue weighted by atomic mass is 32.2. The molecular weight excluding hydrogens is 456 g/mol. The average molecular weight is 483 g/mol. The summed E-state index contributed by atoms with van der Waals surface area (Å²) in [5.74, 6) is -0.127. The maximum absolute atomic E-state index is 13.1. The van der Waals surface area contributed by atoms with Crippen molar-refractivity contribution in [2.24, 2.45) is 0 Å². The second-order valence-corrected chi connectivity index (χ2v) is 7.97. The van der Waals surface area contributed by atoms with Gasteiger partial charge in [-0.1, -0.05) is 0 Å². The minimum Gasteiger partial charge on any atom is -0.493 e. The molecule has 0 heterocycles. The molecular formula is C21H26N2O9S. The Balaban J connectivity index is 2.52. The van der Waals surface area contributed by atoms with E-state index < -0.39 is 22.1 Å². The maximum Gasteiger partial charge on any atom is 0.411 e. The van der Waals surface area contributed by atoms with E-state index in [0.717, 1.165) is 7.11 Å². The van der Waals surface area contributed by atoms with Crippen molar-refractivity contribution < 1.29 is 41.7 Å². The fourth-order valence-electron chi connectivity index (χ4n) is 2.78. The summed E-state index contributed by atoms with van der Waals surface area (Å²) in [5.41, 5.74) is -0.0819. The van der Waals surface area contributed by atoms with Crippen LogP contribution in [0, 0.1) is 0 Å². The molecule has 0 saturated carbocycles. The maximum atomic E-state index is 13.1. The molecule has 0 radical (unpaired) electrons. The number of sulfonamides is 1. The highest BCUT2D eigenvalue weighted by molar-refractivity contribution is 7.92. The van der Waals surface area contributed by atoms with Gasteiger partial charge in [0.1, 0.15) is 5.75 Å². The molecule has 0 unspecified atom stereocenters. The molecule has 0 aliphatic heterocycles. The van der Waals surface area contributed by atoms with Crippen LogP contribution < -0.4 is 24.2 Å². The van der Waals surface area contributed by atoms with Gasteiger partial charge in [0.05, 0.1) is 56.4 Å². The lowest BCUT2D eigenvalue weighted by Crippen LogP contribution is -2.18. The zero-order valence-corrected chi connectivity index (χ0v) is 19.7. The van der Waals surface area contributed by atoms with Crippen LogP contribution in [0.4, 0.5) is 16.2 Å². The van der Waals surface area contributed by atoms with Crippen LogP contribution in [0.15, 0.2) is 35.2 Å². The van der Waals surface area contributed by atoms with Gasteiger partial charge >= 0.3 is 12.1 Å². The summed E-state index contributed by atoms with van der Waals surface area (Å²) in [7, 11) is -0.318. The van der Waals surface area contributed by atoms with E-state index in [-0.39, 0.29) is 52.3 Å². The first-order valence-electron chi connectivity index (χ1n) is 9.78. The lowest BCUT2D eigenvalue weighted by Gasteiger charge is -2.17. The Morgan fingerprint density at radius 3 is 2.12 bits per heavy atom. The summed E-state index contributed by atoms with van der Waals surface area (Å²) in [5, 5.41) is 2.46. The third-order valence-electron chi connectivity index (χ3n) is 4.25. The van der Waals surface area contributed by atoms with Crippen molar-refractivity contribution in [2.75, 3.05) is 44.6 Å². The zero-order chi connectivity index (χ0) is 24.6. The SMILES string of the molecule is CCOC(=O)Nc1cc(S(=O)(=O)Nc2cc(OC)c(OC)cc2C(=O)OC)ccc1OCC. The Morgan fingerprint density at radius 2 is 1.55 bits per heavy atom. The molecule has 180 valence electrons. The molecule has 2 N–H and O–H groups in total. The van der Waals surface area contributed by atoms with E-state index in [0.29, 0.717) is 0 Å². The number of esters is 1. The van der Waals surface area contributed by atoms with Gasteiger partial charge in [0.2, 0.25) is 0 Å². The van der Waals surface area contributed by atoms with Crippen molar-refractivity contribution in [1.82, 2.24) is 0 Å². The van der Waals surface area contributed by atoms with Crippen molar-refractivity contribution in [2.45, 2.75) is 18.7 Å². The standard InChI is InChI=1S/C21H26N2O9S/c1-6-31-17-9-8-13(10-16(17)22-21(25)32-7-2)33(26,27)23-15-12-19(29-4)18(28-3)11-14(15)20(24)30-5/h8-12,23H,6-7H2,1-5H3,(H,22,25). The first-order chi connectivity index (χ1) is 15.7. The number of rotatable bonds is 10. The van der Waals surface area contributed by atoms with Crippen LogP contribution in [0.2, 0.25) is 0 Å². The Bertz CT molecular complexity index is 1120. The van der Waals surface area contributed by atoms with Gasteiger partial charge in [-0.15, -0.1) is 0 Å². The highest BCUT2D eigenvalue weighted by Crippen LogP contribution is 2.35. The minimum absolute atomic E-state index is 0.0884. The number of ether oxygens (including phenoxy) is 5. The zero-order valence-electron chi connectivity index (χ0n) is 18.9. The first-order valence-corrected chi connectivity index (χ1v) is 11.3. The molecule has 0 fully saturated rings. The predicted octanol–water partition coefficient (Wildman–Crippen LogP) is 3.26. The first kappa shape index (κ1) is 25.6. The second kappa shape index (κ2) is 11.3. The van der Waals surface area contributed by atoms with Crippen molar-refractivity contribution in [1.29, 1.82) is 0 Å². The van der Waals surface area contributed by atoms with Crippen molar-refractivity contribution in [3.8, 4) is 17.2 Å². The van der Waals surface area contributed by atoms with Crippen LogP contribution in [-0.4, -0.2) is 55.0 Å². The molecule has 12 heteroatoms. The Kier molecular flexibility index (Phi) is 8.74. The van der Waals surface area contributed by atoms with E-state index in [4.69, 9.17) is 23.7 Å². The lowest BCUT2D eigenvalue weighted by molar-refractivity contribution is 0.0601. The number of amides is 1. The predicted molar refractivity (Wildman–Crippen MR) is 120 cm³/mol.